The van der Waals surface area contributed by atoms with Gasteiger partial charge in [-0.15, -0.1) is 11.8 Å². The van der Waals surface area contributed by atoms with Gasteiger partial charge in [-0.05, 0) is 37.4 Å². The molecule has 1 atom stereocenters. The van der Waals surface area contributed by atoms with E-state index in [1.54, 1.807) is 6.26 Å². The number of carbonyl (C=O) groups is 2. The number of halogens is 3. The smallest absolute Gasteiger partial charge is 0.341 e. The fraction of sp³-hybridized carbons (Fsp3) is 0.188. The number of pyridine rings is 1. The molecule has 0 aliphatic rings. The zero-order chi connectivity index (χ0) is 18.6. The molecule has 9 heteroatoms. The third-order valence-electron chi connectivity index (χ3n) is 3.13. The summed E-state index contributed by atoms with van der Waals surface area (Å²) in [6.07, 6.45) is 1.93. The van der Waals surface area contributed by atoms with E-state index < -0.39 is 41.1 Å². The van der Waals surface area contributed by atoms with Crippen LogP contribution in [0.4, 0.5) is 18.9 Å². The Labute approximate surface area is 145 Å². The summed E-state index contributed by atoms with van der Waals surface area (Å²) in [4.78, 5) is 28.1. The second-order valence-electron chi connectivity index (χ2n) is 4.82. The first kappa shape index (κ1) is 18.8. The number of carbonyl (C=O) groups excluding carboxylic acids is 2. The summed E-state index contributed by atoms with van der Waals surface area (Å²) >= 11 is 1.23. The first-order valence-corrected chi connectivity index (χ1v) is 8.22. The van der Waals surface area contributed by atoms with Crippen LogP contribution in [0.15, 0.2) is 35.5 Å². The highest BCUT2D eigenvalue weighted by Gasteiger charge is 2.23. The van der Waals surface area contributed by atoms with E-state index >= 15 is 0 Å². The van der Waals surface area contributed by atoms with E-state index in [2.05, 4.69) is 4.98 Å². The lowest BCUT2D eigenvalue weighted by Crippen LogP contribution is -2.30. The van der Waals surface area contributed by atoms with E-state index in [1.807, 2.05) is 5.32 Å². The van der Waals surface area contributed by atoms with Gasteiger partial charge in [0.15, 0.2) is 23.6 Å². The second kappa shape index (κ2) is 8.02. The van der Waals surface area contributed by atoms with Crippen molar-refractivity contribution >= 4 is 29.3 Å². The van der Waals surface area contributed by atoms with Crippen LogP contribution in [-0.4, -0.2) is 29.2 Å². The van der Waals surface area contributed by atoms with Crippen molar-refractivity contribution in [2.24, 2.45) is 0 Å². The van der Waals surface area contributed by atoms with Gasteiger partial charge in [-0.25, -0.2) is 22.9 Å². The molecule has 0 aliphatic heterocycles. The average molecular weight is 370 g/mol. The minimum Gasteiger partial charge on any atom is -0.449 e. The zero-order valence-electron chi connectivity index (χ0n) is 13.2. The van der Waals surface area contributed by atoms with Crippen molar-refractivity contribution in [1.29, 1.82) is 0 Å². The summed E-state index contributed by atoms with van der Waals surface area (Å²) in [6.45, 7) is 1.26. The highest BCUT2D eigenvalue weighted by molar-refractivity contribution is 7.98. The molecule has 0 spiro atoms. The summed E-state index contributed by atoms with van der Waals surface area (Å²) in [6, 6.07) is 4.57. The molecule has 0 aliphatic carbocycles. The molecule has 132 valence electrons. The number of amides is 1. The number of thioether (sulfide) groups is 1. The van der Waals surface area contributed by atoms with Crippen molar-refractivity contribution in [3.63, 3.8) is 0 Å². The molecule has 1 heterocycles. The maximum atomic E-state index is 13.6. The summed E-state index contributed by atoms with van der Waals surface area (Å²) < 4.78 is 44.6. The van der Waals surface area contributed by atoms with Crippen molar-refractivity contribution in [3.05, 3.63) is 53.5 Å². The van der Waals surface area contributed by atoms with Gasteiger partial charge in [-0.3, -0.25) is 4.79 Å². The normalized spacial score (nSPS) is 11.7. The molecular formula is C16H13F3N2O3S. The minimum absolute atomic E-state index is 0.175. The number of nitrogens with zero attached hydrogens (tertiary/aromatic N) is 1. The van der Waals surface area contributed by atoms with Gasteiger partial charge in [0.2, 0.25) is 0 Å². The largest absolute Gasteiger partial charge is 0.449 e. The Kier molecular flexibility index (Phi) is 6.02. The molecule has 2 aromatic rings. The van der Waals surface area contributed by atoms with Crippen LogP contribution in [0, 0.1) is 17.5 Å². The summed E-state index contributed by atoms with van der Waals surface area (Å²) in [5, 5.41) is 2.47. The number of rotatable bonds is 5. The summed E-state index contributed by atoms with van der Waals surface area (Å²) in [5.74, 6) is -6.30. The first-order valence-electron chi connectivity index (χ1n) is 6.99. The molecule has 0 bridgehead atoms. The Bertz CT molecular complexity index is 817. The first-order chi connectivity index (χ1) is 11.8. The summed E-state index contributed by atoms with van der Waals surface area (Å²) in [5.41, 5.74) is -0.383. The molecule has 1 N–H and O–H groups in total. The van der Waals surface area contributed by atoms with Crippen LogP contribution in [0.5, 0.6) is 0 Å². The molecule has 0 saturated carbocycles. The van der Waals surface area contributed by atoms with Crippen LogP contribution >= 0.6 is 11.8 Å². The van der Waals surface area contributed by atoms with Gasteiger partial charge in [-0.2, -0.15) is 0 Å². The van der Waals surface area contributed by atoms with Crippen LogP contribution in [0.2, 0.25) is 0 Å². The molecule has 1 aromatic carbocycles. The number of ether oxygens (including phenoxy) is 1. The fourth-order valence-electron chi connectivity index (χ4n) is 1.84. The van der Waals surface area contributed by atoms with Crippen molar-refractivity contribution in [2.45, 2.75) is 18.1 Å². The Morgan fingerprint density at radius 3 is 2.60 bits per heavy atom. The Balaban J connectivity index is 2.08. The van der Waals surface area contributed by atoms with Crippen molar-refractivity contribution in [2.75, 3.05) is 11.6 Å². The number of hydrogen-bond donors (Lipinski definition) is 1. The van der Waals surface area contributed by atoms with E-state index in [1.165, 1.54) is 37.0 Å². The number of nitrogens with one attached hydrogen (secondary N) is 1. The van der Waals surface area contributed by atoms with Crippen LogP contribution in [0.25, 0.3) is 0 Å². The van der Waals surface area contributed by atoms with Crippen molar-refractivity contribution in [3.8, 4) is 0 Å². The topological polar surface area (TPSA) is 68.3 Å². The maximum absolute atomic E-state index is 13.6. The van der Waals surface area contributed by atoms with E-state index in [0.29, 0.717) is 11.1 Å². The van der Waals surface area contributed by atoms with Crippen LogP contribution < -0.4 is 5.32 Å². The molecular weight excluding hydrogens is 357 g/mol. The van der Waals surface area contributed by atoms with Gasteiger partial charge in [0.25, 0.3) is 5.91 Å². The molecule has 0 radical (unpaired) electrons. The standard InChI is InChI=1S/C16H13F3N2O3S/c1-8(24-16(23)9-4-3-7-20-15(9)25-2)14(22)21-11-6-5-10(17)12(18)13(11)19/h3-8H,1-2H3,(H,21,22). The van der Waals surface area contributed by atoms with Gasteiger partial charge in [0.05, 0.1) is 11.3 Å². The predicted octanol–water partition coefficient (Wildman–Crippen LogP) is 3.40. The number of benzene rings is 1. The molecule has 1 amide bonds. The molecule has 0 saturated heterocycles. The number of esters is 1. The molecule has 1 unspecified atom stereocenters. The van der Waals surface area contributed by atoms with Crippen LogP contribution in [0.1, 0.15) is 17.3 Å². The lowest BCUT2D eigenvalue weighted by atomic mass is 10.2. The van der Waals surface area contributed by atoms with Gasteiger partial charge < -0.3 is 10.1 Å². The Morgan fingerprint density at radius 1 is 1.20 bits per heavy atom. The average Bonchev–Trinajstić information content (AvgIpc) is 2.61. The predicted molar refractivity (Wildman–Crippen MR) is 85.8 cm³/mol. The lowest BCUT2D eigenvalue weighted by molar-refractivity contribution is -0.123. The molecule has 5 nitrogen and oxygen atoms in total. The van der Waals surface area contributed by atoms with Gasteiger partial charge >= 0.3 is 5.97 Å². The van der Waals surface area contributed by atoms with Gasteiger partial charge in [0, 0.05) is 6.20 Å². The number of hydrogen-bond acceptors (Lipinski definition) is 5. The zero-order valence-corrected chi connectivity index (χ0v) is 14.0. The second-order valence-corrected chi connectivity index (χ2v) is 5.61. The van der Waals surface area contributed by atoms with E-state index in [-0.39, 0.29) is 5.56 Å². The Hall–Kier alpha value is -2.55. The highest BCUT2D eigenvalue weighted by Crippen LogP contribution is 2.21. The monoisotopic (exact) mass is 370 g/mol. The lowest BCUT2D eigenvalue weighted by Gasteiger charge is -2.14. The minimum atomic E-state index is -1.71. The van der Waals surface area contributed by atoms with Gasteiger partial charge in [0.1, 0.15) is 5.03 Å². The molecule has 1 aromatic heterocycles. The molecule has 2 rings (SSSR count). The third kappa shape index (κ3) is 4.30. The third-order valence-corrected chi connectivity index (χ3v) is 3.84. The number of anilines is 1. The maximum Gasteiger partial charge on any atom is 0.341 e. The quantitative estimate of drug-likeness (QED) is 0.496. The fourth-order valence-corrected chi connectivity index (χ4v) is 2.38. The van der Waals surface area contributed by atoms with E-state index in [9.17, 15) is 22.8 Å². The Morgan fingerprint density at radius 2 is 1.92 bits per heavy atom. The summed E-state index contributed by atoms with van der Waals surface area (Å²) in [7, 11) is 0. The van der Waals surface area contributed by atoms with Crippen molar-refractivity contribution in [1.82, 2.24) is 4.98 Å². The van der Waals surface area contributed by atoms with E-state index in [0.717, 1.165) is 6.07 Å². The number of aromatic nitrogens is 1. The van der Waals surface area contributed by atoms with E-state index in [4.69, 9.17) is 4.74 Å². The van der Waals surface area contributed by atoms with Gasteiger partial charge in [-0.1, -0.05) is 0 Å². The SMILES string of the molecule is CSc1ncccc1C(=O)OC(C)C(=O)Nc1ccc(F)c(F)c1F. The highest BCUT2D eigenvalue weighted by atomic mass is 32.2. The van der Waals surface area contributed by atoms with Crippen LogP contribution in [0.3, 0.4) is 0 Å². The van der Waals surface area contributed by atoms with Crippen LogP contribution in [-0.2, 0) is 9.53 Å². The molecule has 0 fully saturated rings. The molecule has 25 heavy (non-hydrogen) atoms. The van der Waals surface area contributed by atoms with Crippen molar-refractivity contribution < 1.29 is 27.5 Å².